The van der Waals surface area contributed by atoms with Crippen molar-refractivity contribution in [2.75, 3.05) is 17.2 Å². The van der Waals surface area contributed by atoms with E-state index in [1.807, 2.05) is 59.3 Å². The van der Waals surface area contributed by atoms with E-state index in [-0.39, 0.29) is 18.3 Å². The van der Waals surface area contributed by atoms with Crippen LogP contribution < -0.4 is 4.90 Å². The molecule has 0 N–H and O–H groups in total. The van der Waals surface area contributed by atoms with Crippen LogP contribution in [-0.2, 0) is 11.3 Å². The second-order valence-corrected chi connectivity index (χ2v) is 8.85. The maximum Gasteiger partial charge on any atom is 0.239 e. The van der Waals surface area contributed by atoms with Crippen LogP contribution in [0.3, 0.4) is 0 Å². The van der Waals surface area contributed by atoms with Crippen molar-refractivity contribution in [3.63, 3.8) is 0 Å². The zero-order valence-electron chi connectivity index (χ0n) is 16.0. The van der Waals surface area contributed by atoms with E-state index in [0.29, 0.717) is 22.5 Å². The summed E-state index contributed by atoms with van der Waals surface area (Å²) in [5.41, 5.74) is 0.747. The quantitative estimate of drug-likeness (QED) is 0.301. The Bertz CT molecular complexity index is 1090. The van der Waals surface area contributed by atoms with E-state index < -0.39 is 0 Å². The number of hydrogen-bond acceptors (Lipinski definition) is 5. The van der Waals surface area contributed by atoms with Gasteiger partial charge in [-0.15, -0.1) is 24.2 Å². The molecule has 30 heavy (non-hydrogen) atoms. The summed E-state index contributed by atoms with van der Waals surface area (Å²) in [7, 11) is 0. The van der Waals surface area contributed by atoms with Gasteiger partial charge >= 0.3 is 0 Å². The van der Waals surface area contributed by atoms with Gasteiger partial charge in [-0.2, -0.15) is 0 Å². The predicted octanol–water partition coefficient (Wildman–Crippen LogP) is 5.78. The fraction of sp³-hybridized carbons (Fsp3) is 0.190. The molecule has 2 aromatic carbocycles. The Labute approximate surface area is 194 Å². The van der Waals surface area contributed by atoms with E-state index in [2.05, 4.69) is 9.97 Å². The third kappa shape index (κ3) is 5.55. The molecule has 0 spiro atoms. The SMILES string of the molecule is Cl.O=C(CSc1ccccc1)N(CCCn1ccnc1)c1nc2c(Cl)cccc2s1. The molecular weight excluding hydrogens is 459 g/mol. The molecule has 0 saturated heterocycles. The lowest BCUT2D eigenvalue weighted by Crippen LogP contribution is -2.33. The largest absolute Gasteiger partial charge is 0.337 e. The molecule has 4 aromatic rings. The molecule has 0 atom stereocenters. The van der Waals surface area contributed by atoms with Gasteiger partial charge in [0.05, 0.1) is 21.8 Å². The van der Waals surface area contributed by atoms with E-state index in [9.17, 15) is 4.79 Å². The second kappa shape index (κ2) is 10.8. The topological polar surface area (TPSA) is 51.0 Å². The van der Waals surface area contributed by atoms with Crippen LogP contribution in [-0.4, -0.2) is 32.7 Å². The van der Waals surface area contributed by atoms with Crippen molar-refractivity contribution in [2.24, 2.45) is 0 Å². The number of imidazole rings is 1. The zero-order chi connectivity index (χ0) is 20.1. The van der Waals surface area contributed by atoms with Crippen molar-refractivity contribution in [1.29, 1.82) is 0 Å². The highest BCUT2D eigenvalue weighted by Crippen LogP contribution is 2.33. The first kappa shape index (κ1) is 22.6. The Balaban J connectivity index is 0.00000256. The molecule has 156 valence electrons. The number of benzene rings is 2. The second-order valence-electron chi connectivity index (χ2n) is 6.38. The van der Waals surface area contributed by atoms with Gasteiger partial charge in [0.1, 0.15) is 5.52 Å². The summed E-state index contributed by atoms with van der Waals surface area (Å²) >= 11 is 9.33. The third-order valence-corrected chi connectivity index (χ3v) is 6.70. The van der Waals surface area contributed by atoms with Crippen molar-refractivity contribution >= 4 is 68.4 Å². The molecule has 0 aliphatic heterocycles. The summed E-state index contributed by atoms with van der Waals surface area (Å²) < 4.78 is 2.99. The number of para-hydroxylation sites is 1. The third-order valence-electron chi connectivity index (χ3n) is 4.35. The molecule has 2 aromatic heterocycles. The minimum Gasteiger partial charge on any atom is -0.337 e. The Morgan fingerprint density at radius 1 is 1.17 bits per heavy atom. The molecule has 0 saturated carbocycles. The number of thioether (sulfide) groups is 1. The van der Waals surface area contributed by atoms with Crippen molar-refractivity contribution < 1.29 is 4.79 Å². The maximum absolute atomic E-state index is 13.1. The van der Waals surface area contributed by atoms with Crippen LogP contribution in [0.4, 0.5) is 5.13 Å². The molecular formula is C21H20Cl2N4OS2. The van der Waals surface area contributed by atoms with Gasteiger partial charge in [-0.1, -0.05) is 47.2 Å². The highest BCUT2D eigenvalue weighted by Gasteiger charge is 2.20. The van der Waals surface area contributed by atoms with Crippen LogP contribution in [0, 0.1) is 0 Å². The molecule has 0 radical (unpaired) electrons. The summed E-state index contributed by atoms with van der Waals surface area (Å²) in [6.45, 7) is 1.38. The average Bonchev–Trinajstić information content (AvgIpc) is 3.41. The van der Waals surface area contributed by atoms with Gasteiger partial charge in [-0.05, 0) is 30.7 Å². The summed E-state index contributed by atoms with van der Waals surface area (Å²) in [5.74, 6) is 0.401. The number of hydrogen-bond donors (Lipinski definition) is 0. The number of aromatic nitrogens is 3. The van der Waals surface area contributed by atoms with Gasteiger partial charge in [-0.25, -0.2) is 9.97 Å². The molecule has 2 heterocycles. The number of carbonyl (C=O) groups excluding carboxylic acids is 1. The molecule has 0 fully saturated rings. The van der Waals surface area contributed by atoms with Crippen molar-refractivity contribution in [3.05, 3.63) is 72.3 Å². The van der Waals surface area contributed by atoms with E-state index >= 15 is 0 Å². The van der Waals surface area contributed by atoms with Crippen LogP contribution in [0.15, 0.2) is 72.1 Å². The molecule has 0 bridgehead atoms. The Morgan fingerprint density at radius 3 is 2.73 bits per heavy atom. The van der Waals surface area contributed by atoms with Crippen LogP contribution in [0.5, 0.6) is 0 Å². The van der Waals surface area contributed by atoms with Crippen LogP contribution in [0.1, 0.15) is 6.42 Å². The lowest BCUT2D eigenvalue weighted by Gasteiger charge is -2.20. The molecule has 1 amide bonds. The summed E-state index contributed by atoms with van der Waals surface area (Å²) in [6, 6.07) is 15.7. The highest BCUT2D eigenvalue weighted by atomic mass is 35.5. The highest BCUT2D eigenvalue weighted by molar-refractivity contribution is 8.00. The number of anilines is 1. The first-order valence-electron chi connectivity index (χ1n) is 9.20. The fourth-order valence-electron chi connectivity index (χ4n) is 2.92. The van der Waals surface area contributed by atoms with Crippen molar-refractivity contribution in [1.82, 2.24) is 14.5 Å². The molecule has 9 heteroatoms. The number of amides is 1. The van der Waals surface area contributed by atoms with Gasteiger partial charge in [0.25, 0.3) is 0 Å². The summed E-state index contributed by atoms with van der Waals surface area (Å²) in [5, 5.41) is 1.30. The molecule has 4 rings (SSSR count). The fourth-order valence-corrected chi connectivity index (χ4v) is 5.02. The molecule has 0 aliphatic rings. The first-order chi connectivity index (χ1) is 14.2. The minimum absolute atomic E-state index is 0. The number of carbonyl (C=O) groups is 1. The number of nitrogens with zero attached hydrogens (tertiary/aromatic N) is 4. The van der Waals surface area contributed by atoms with E-state index in [4.69, 9.17) is 11.6 Å². The molecule has 0 aliphatic carbocycles. The van der Waals surface area contributed by atoms with Crippen molar-refractivity contribution in [3.8, 4) is 0 Å². The average molecular weight is 479 g/mol. The van der Waals surface area contributed by atoms with Gasteiger partial charge in [0.2, 0.25) is 5.91 Å². The first-order valence-corrected chi connectivity index (χ1v) is 11.4. The number of fused-ring (bicyclic) bond motifs is 1. The molecule has 0 unspecified atom stereocenters. The van der Waals surface area contributed by atoms with Gasteiger partial charge in [0.15, 0.2) is 5.13 Å². The lowest BCUT2D eigenvalue weighted by molar-refractivity contribution is -0.116. The lowest BCUT2D eigenvalue weighted by atomic mass is 10.3. The maximum atomic E-state index is 13.1. The van der Waals surface area contributed by atoms with Gasteiger partial charge in [-0.3, -0.25) is 9.69 Å². The molecule has 5 nitrogen and oxygen atoms in total. The Morgan fingerprint density at radius 2 is 2.00 bits per heavy atom. The van der Waals surface area contributed by atoms with Gasteiger partial charge < -0.3 is 4.57 Å². The Kier molecular flexibility index (Phi) is 8.16. The van der Waals surface area contributed by atoms with E-state index in [1.165, 1.54) is 23.1 Å². The zero-order valence-corrected chi connectivity index (χ0v) is 19.2. The minimum atomic E-state index is 0. The van der Waals surface area contributed by atoms with Crippen LogP contribution >= 0.6 is 47.1 Å². The van der Waals surface area contributed by atoms with Gasteiger partial charge in [0, 0.05) is 30.4 Å². The monoisotopic (exact) mass is 478 g/mol. The van der Waals surface area contributed by atoms with E-state index in [1.54, 1.807) is 17.4 Å². The standard InChI is InChI=1S/C21H19ClN4OS2.ClH/c22-17-8-4-9-18-20(17)24-21(29-18)26(12-5-11-25-13-10-23-15-25)19(27)14-28-16-6-2-1-3-7-16;/h1-4,6-10,13,15H,5,11-12,14H2;1H. The van der Waals surface area contributed by atoms with Crippen LogP contribution in [0.25, 0.3) is 10.2 Å². The number of thiazole rings is 1. The van der Waals surface area contributed by atoms with E-state index in [0.717, 1.165) is 28.1 Å². The predicted molar refractivity (Wildman–Crippen MR) is 128 cm³/mol. The van der Waals surface area contributed by atoms with Crippen molar-refractivity contribution in [2.45, 2.75) is 17.9 Å². The number of halogens is 2. The van der Waals surface area contributed by atoms with Crippen LogP contribution in [0.2, 0.25) is 5.02 Å². The smallest absolute Gasteiger partial charge is 0.239 e. The summed E-state index contributed by atoms with van der Waals surface area (Å²) in [4.78, 5) is 24.7. The normalized spacial score (nSPS) is 10.7. The summed E-state index contributed by atoms with van der Waals surface area (Å²) in [6.07, 6.45) is 6.28. The number of rotatable bonds is 8. The number of aryl methyl sites for hydroxylation is 1. The Hall–Kier alpha value is -2.06.